The predicted octanol–water partition coefficient (Wildman–Crippen LogP) is 0.880. The second-order valence-electron chi connectivity index (χ2n) is 3.17. The van der Waals surface area contributed by atoms with Crippen LogP contribution in [0, 0.1) is 0 Å². The predicted molar refractivity (Wildman–Crippen MR) is 57.2 cm³/mol. The summed E-state index contributed by atoms with van der Waals surface area (Å²) in [6, 6.07) is 2.85. The standard InChI is InChI=1S/C10H10N2O4/c1-2-15-9(13)5-3-7-8(4-6(5)11)16-10(14)12-7/h3-4H,2,11H2,1H3,(H,12,14). The molecule has 0 amide bonds. The molecule has 6 heteroatoms. The van der Waals surface area contributed by atoms with Crippen LogP contribution in [-0.4, -0.2) is 17.6 Å². The highest BCUT2D eigenvalue weighted by molar-refractivity contribution is 5.99. The van der Waals surface area contributed by atoms with Crippen molar-refractivity contribution in [3.8, 4) is 0 Å². The molecule has 1 aromatic heterocycles. The topological polar surface area (TPSA) is 98.3 Å². The molecule has 0 aliphatic rings. The van der Waals surface area contributed by atoms with Gasteiger partial charge in [0.1, 0.15) is 0 Å². The number of nitrogen functional groups attached to an aromatic ring is 1. The lowest BCUT2D eigenvalue weighted by Gasteiger charge is -2.04. The van der Waals surface area contributed by atoms with Crippen LogP contribution in [0.4, 0.5) is 5.69 Å². The van der Waals surface area contributed by atoms with Gasteiger partial charge in [-0.15, -0.1) is 0 Å². The van der Waals surface area contributed by atoms with Crippen LogP contribution in [0.1, 0.15) is 17.3 Å². The van der Waals surface area contributed by atoms with E-state index in [0.29, 0.717) is 11.1 Å². The smallest absolute Gasteiger partial charge is 0.417 e. The molecular weight excluding hydrogens is 212 g/mol. The van der Waals surface area contributed by atoms with Crippen molar-refractivity contribution in [1.29, 1.82) is 0 Å². The van der Waals surface area contributed by atoms with E-state index in [1.807, 2.05) is 0 Å². The van der Waals surface area contributed by atoms with Crippen LogP contribution in [0.3, 0.4) is 0 Å². The van der Waals surface area contributed by atoms with Crippen LogP contribution < -0.4 is 11.5 Å². The number of fused-ring (bicyclic) bond motifs is 1. The van der Waals surface area contributed by atoms with Crippen LogP contribution in [0.25, 0.3) is 11.1 Å². The van der Waals surface area contributed by atoms with Crippen LogP contribution in [0.2, 0.25) is 0 Å². The molecule has 3 N–H and O–H groups in total. The minimum absolute atomic E-state index is 0.214. The molecule has 84 valence electrons. The average molecular weight is 222 g/mol. The Morgan fingerprint density at radius 3 is 3.00 bits per heavy atom. The van der Waals surface area contributed by atoms with E-state index in [9.17, 15) is 9.59 Å². The Bertz CT molecular complexity index is 596. The van der Waals surface area contributed by atoms with Gasteiger partial charge in [0.05, 0.1) is 17.7 Å². The SMILES string of the molecule is CCOC(=O)c1cc2[nH]c(=O)oc2cc1N. The zero-order valence-corrected chi connectivity index (χ0v) is 8.57. The summed E-state index contributed by atoms with van der Waals surface area (Å²) < 4.78 is 9.62. The van der Waals surface area contributed by atoms with Crippen LogP contribution >= 0.6 is 0 Å². The maximum Gasteiger partial charge on any atom is 0.417 e. The number of oxazole rings is 1. The Labute approximate surface area is 90.0 Å². The summed E-state index contributed by atoms with van der Waals surface area (Å²) in [6.45, 7) is 1.96. The van der Waals surface area contributed by atoms with Crippen LogP contribution in [-0.2, 0) is 4.74 Å². The van der Waals surface area contributed by atoms with E-state index in [1.54, 1.807) is 6.92 Å². The third-order valence-corrected chi connectivity index (χ3v) is 2.09. The van der Waals surface area contributed by atoms with Gasteiger partial charge in [0.25, 0.3) is 0 Å². The van der Waals surface area contributed by atoms with Gasteiger partial charge in [0.15, 0.2) is 5.58 Å². The van der Waals surface area contributed by atoms with E-state index in [2.05, 4.69) is 4.98 Å². The first-order chi connectivity index (χ1) is 7.61. The number of aromatic amines is 1. The summed E-state index contributed by atoms with van der Waals surface area (Å²) in [4.78, 5) is 24.9. The zero-order valence-electron chi connectivity index (χ0n) is 8.57. The summed E-state index contributed by atoms with van der Waals surface area (Å²) in [5, 5.41) is 0. The summed E-state index contributed by atoms with van der Waals surface area (Å²) in [6.07, 6.45) is 0. The molecule has 1 heterocycles. The van der Waals surface area contributed by atoms with E-state index in [1.165, 1.54) is 12.1 Å². The molecule has 0 bridgehead atoms. The summed E-state index contributed by atoms with van der Waals surface area (Å²) in [5.41, 5.74) is 6.82. The average Bonchev–Trinajstić information content (AvgIpc) is 2.56. The number of carbonyl (C=O) groups is 1. The first-order valence-electron chi connectivity index (χ1n) is 4.71. The Morgan fingerprint density at radius 1 is 1.56 bits per heavy atom. The fourth-order valence-corrected chi connectivity index (χ4v) is 1.40. The summed E-state index contributed by atoms with van der Waals surface area (Å²) in [5.74, 6) is -1.11. The quantitative estimate of drug-likeness (QED) is 0.580. The maximum atomic E-state index is 11.5. The van der Waals surface area contributed by atoms with Gasteiger partial charge in [-0.25, -0.2) is 9.59 Å². The zero-order chi connectivity index (χ0) is 11.7. The van der Waals surface area contributed by atoms with Gasteiger partial charge in [0, 0.05) is 11.8 Å². The molecule has 16 heavy (non-hydrogen) atoms. The number of H-pyrrole nitrogens is 1. The second-order valence-corrected chi connectivity index (χ2v) is 3.17. The number of hydrogen-bond acceptors (Lipinski definition) is 5. The van der Waals surface area contributed by atoms with E-state index < -0.39 is 11.7 Å². The largest absolute Gasteiger partial charge is 0.462 e. The van der Waals surface area contributed by atoms with Crippen molar-refractivity contribution < 1.29 is 13.9 Å². The van der Waals surface area contributed by atoms with Gasteiger partial charge < -0.3 is 14.9 Å². The van der Waals surface area contributed by atoms with Gasteiger partial charge >= 0.3 is 11.7 Å². The van der Waals surface area contributed by atoms with E-state index in [-0.39, 0.29) is 17.9 Å². The highest BCUT2D eigenvalue weighted by atomic mass is 16.5. The Balaban J connectivity index is 2.57. The number of nitrogens with two attached hydrogens (primary N) is 1. The summed E-state index contributed by atoms with van der Waals surface area (Å²) >= 11 is 0. The molecule has 2 rings (SSSR count). The third-order valence-electron chi connectivity index (χ3n) is 2.09. The highest BCUT2D eigenvalue weighted by Gasteiger charge is 2.13. The number of ether oxygens (including phenoxy) is 1. The van der Waals surface area contributed by atoms with Crippen molar-refractivity contribution in [3.63, 3.8) is 0 Å². The van der Waals surface area contributed by atoms with Crippen molar-refractivity contribution in [2.24, 2.45) is 0 Å². The van der Waals surface area contributed by atoms with Crippen molar-refractivity contribution in [2.45, 2.75) is 6.92 Å². The molecule has 0 fully saturated rings. The number of nitrogens with one attached hydrogen (secondary N) is 1. The molecule has 0 saturated carbocycles. The van der Waals surface area contributed by atoms with E-state index >= 15 is 0 Å². The number of benzene rings is 1. The molecule has 2 aromatic rings. The second kappa shape index (κ2) is 3.73. The maximum absolute atomic E-state index is 11.5. The lowest BCUT2D eigenvalue weighted by molar-refractivity contribution is 0.0528. The monoisotopic (exact) mass is 222 g/mol. The molecule has 6 nitrogen and oxygen atoms in total. The fraction of sp³-hybridized carbons (Fsp3) is 0.200. The number of aromatic nitrogens is 1. The normalized spacial score (nSPS) is 10.6. The van der Waals surface area contributed by atoms with Gasteiger partial charge in [-0.2, -0.15) is 0 Å². The lowest BCUT2D eigenvalue weighted by Crippen LogP contribution is -2.07. The van der Waals surface area contributed by atoms with Crippen molar-refractivity contribution >= 4 is 22.8 Å². The molecule has 0 atom stereocenters. The van der Waals surface area contributed by atoms with Crippen LogP contribution in [0.5, 0.6) is 0 Å². The van der Waals surface area contributed by atoms with Gasteiger partial charge in [-0.05, 0) is 13.0 Å². The Kier molecular flexibility index (Phi) is 2.40. The lowest BCUT2D eigenvalue weighted by atomic mass is 10.1. The molecular formula is C10H10N2O4. The minimum atomic E-state index is -0.588. The fourth-order valence-electron chi connectivity index (χ4n) is 1.40. The van der Waals surface area contributed by atoms with Crippen molar-refractivity contribution in [1.82, 2.24) is 4.98 Å². The third kappa shape index (κ3) is 1.65. The molecule has 1 aromatic carbocycles. The number of esters is 1. The molecule has 0 aliphatic heterocycles. The van der Waals surface area contributed by atoms with Gasteiger partial charge in [-0.3, -0.25) is 4.98 Å². The molecule has 0 aliphatic carbocycles. The number of hydrogen-bond donors (Lipinski definition) is 2. The Hall–Kier alpha value is -2.24. The van der Waals surface area contributed by atoms with Crippen LogP contribution in [0.15, 0.2) is 21.3 Å². The number of rotatable bonds is 2. The van der Waals surface area contributed by atoms with E-state index in [4.69, 9.17) is 14.9 Å². The summed E-state index contributed by atoms with van der Waals surface area (Å²) in [7, 11) is 0. The molecule has 0 saturated heterocycles. The number of anilines is 1. The van der Waals surface area contributed by atoms with Gasteiger partial charge in [-0.1, -0.05) is 0 Å². The van der Waals surface area contributed by atoms with E-state index in [0.717, 1.165) is 0 Å². The molecule has 0 radical (unpaired) electrons. The van der Waals surface area contributed by atoms with Crippen molar-refractivity contribution in [2.75, 3.05) is 12.3 Å². The number of carbonyl (C=O) groups excluding carboxylic acids is 1. The highest BCUT2D eigenvalue weighted by Crippen LogP contribution is 2.20. The Morgan fingerprint density at radius 2 is 2.31 bits per heavy atom. The molecule has 0 unspecified atom stereocenters. The first kappa shape index (κ1) is 10.3. The first-order valence-corrected chi connectivity index (χ1v) is 4.71. The van der Waals surface area contributed by atoms with Crippen molar-refractivity contribution in [3.05, 3.63) is 28.2 Å². The van der Waals surface area contributed by atoms with Gasteiger partial charge in [0.2, 0.25) is 0 Å². The minimum Gasteiger partial charge on any atom is -0.462 e. The molecule has 0 spiro atoms.